The van der Waals surface area contributed by atoms with Crippen molar-refractivity contribution in [2.45, 2.75) is 13.3 Å². The predicted octanol–water partition coefficient (Wildman–Crippen LogP) is 0.812. The second kappa shape index (κ2) is 6.88. The van der Waals surface area contributed by atoms with Crippen LogP contribution in [0.4, 0.5) is 5.82 Å². The summed E-state index contributed by atoms with van der Waals surface area (Å²) >= 11 is 5.45. The zero-order chi connectivity index (χ0) is 14.5. The normalized spacial score (nSPS) is 11.8. The van der Waals surface area contributed by atoms with Gasteiger partial charge in [0.2, 0.25) is 15.9 Å². The first-order valence-corrected chi connectivity index (χ1v) is 7.72. The van der Waals surface area contributed by atoms with Gasteiger partial charge in [-0.2, -0.15) is 4.31 Å². The van der Waals surface area contributed by atoms with Crippen LogP contribution in [-0.2, 0) is 14.8 Å². The van der Waals surface area contributed by atoms with E-state index in [9.17, 15) is 13.2 Å². The molecule has 1 N–H and O–H groups in total. The van der Waals surface area contributed by atoms with E-state index in [2.05, 4.69) is 10.5 Å². The van der Waals surface area contributed by atoms with Crippen LogP contribution in [0.2, 0.25) is 0 Å². The van der Waals surface area contributed by atoms with Crippen LogP contribution in [0, 0.1) is 6.92 Å². The highest BCUT2D eigenvalue weighted by Gasteiger charge is 2.20. The molecule has 0 aliphatic carbocycles. The predicted molar refractivity (Wildman–Crippen MR) is 71.6 cm³/mol. The number of rotatable bonds is 7. The molecule has 1 aromatic rings. The molecule has 0 saturated heterocycles. The highest BCUT2D eigenvalue weighted by Crippen LogP contribution is 2.07. The summed E-state index contributed by atoms with van der Waals surface area (Å²) in [6.45, 7) is 1.40. The summed E-state index contributed by atoms with van der Waals surface area (Å²) in [6.07, 6.45) is 0.346. The van der Waals surface area contributed by atoms with Crippen LogP contribution in [0.15, 0.2) is 10.6 Å². The maximum atomic E-state index is 11.7. The van der Waals surface area contributed by atoms with Crippen LogP contribution in [0.3, 0.4) is 0 Å². The van der Waals surface area contributed by atoms with Crippen molar-refractivity contribution in [2.75, 3.05) is 30.5 Å². The minimum atomic E-state index is -3.46. The fraction of sp³-hybridized carbons (Fsp3) is 0.600. The smallest absolute Gasteiger partial charge is 0.240 e. The van der Waals surface area contributed by atoms with Crippen molar-refractivity contribution < 1.29 is 17.7 Å². The minimum absolute atomic E-state index is 0.0800. The molecule has 0 spiro atoms. The number of likely N-dealkylation sites (N-methyl/N-ethyl adjacent to an activating group) is 1. The Morgan fingerprint density at radius 2 is 2.26 bits per heavy atom. The molecule has 0 aromatic carbocycles. The van der Waals surface area contributed by atoms with Crippen LogP contribution in [-0.4, -0.2) is 49.0 Å². The molecule has 0 radical (unpaired) electrons. The minimum Gasteiger partial charge on any atom is -0.360 e. The summed E-state index contributed by atoms with van der Waals surface area (Å²) < 4.78 is 29.2. The number of nitrogens with zero attached hydrogens (tertiary/aromatic N) is 2. The Morgan fingerprint density at radius 1 is 1.58 bits per heavy atom. The number of nitrogens with one attached hydrogen (secondary N) is 1. The molecule has 1 rings (SSSR count). The van der Waals surface area contributed by atoms with E-state index < -0.39 is 15.9 Å². The molecule has 0 atom stereocenters. The standard InChI is InChI=1S/C10H16ClN3O4S/c1-8-6-9(13-18-8)12-10(15)7-14(2)19(16,17)5-3-4-11/h6H,3-5,7H2,1-2H3,(H,12,13,15). The summed E-state index contributed by atoms with van der Waals surface area (Å²) in [5, 5.41) is 6.03. The van der Waals surface area contributed by atoms with Gasteiger partial charge in [0, 0.05) is 19.0 Å². The molecule has 0 aliphatic rings. The zero-order valence-electron chi connectivity index (χ0n) is 10.7. The fourth-order valence-electron chi connectivity index (χ4n) is 1.30. The van der Waals surface area contributed by atoms with Crippen molar-refractivity contribution in [3.05, 3.63) is 11.8 Å². The van der Waals surface area contributed by atoms with Gasteiger partial charge in [-0.15, -0.1) is 11.6 Å². The third-order valence-corrected chi connectivity index (χ3v) is 4.42. The van der Waals surface area contributed by atoms with E-state index in [0.717, 1.165) is 4.31 Å². The Hall–Kier alpha value is -1.12. The van der Waals surface area contributed by atoms with Crippen molar-refractivity contribution in [3.63, 3.8) is 0 Å². The van der Waals surface area contributed by atoms with Crippen LogP contribution in [0.1, 0.15) is 12.2 Å². The largest absolute Gasteiger partial charge is 0.360 e. The molecule has 19 heavy (non-hydrogen) atoms. The Morgan fingerprint density at radius 3 is 2.79 bits per heavy atom. The van der Waals surface area contributed by atoms with Crippen molar-refractivity contribution >= 4 is 33.3 Å². The number of hydrogen-bond donors (Lipinski definition) is 1. The van der Waals surface area contributed by atoms with Crippen LogP contribution in [0.5, 0.6) is 0 Å². The summed E-state index contributed by atoms with van der Waals surface area (Å²) in [4.78, 5) is 11.6. The van der Waals surface area contributed by atoms with Gasteiger partial charge in [-0.05, 0) is 13.3 Å². The fourth-order valence-corrected chi connectivity index (χ4v) is 2.73. The average molecular weight is 310 g/mol. The third kappa shape index (κ3) is 5.17. The van der Waals surface area contributed by atoms with E-state index >= 15 is 0 Å². The van der Waals surface area contributed by atoms with Crippen LogP contribution in [0.25, 0.3) is 0 Å². The molecule has 0 bridgehead atoms. The number of aromatic nitrogens is 1. The summed E-state index contributed by atoms with van der Waals surface area (Å²) in [5.74, 6) is 0.513. The Kier molecular flexibility index (Phi) is 5.77. The van der Waals surface area contributed by atoms with Gasteiger partial charge in [0.1, 0.15) is 5.76 Å². The molecule has 7 nitrogen and oxygen atoms in total. The molecule has 0 fully saturated rings. The van der Waals surface area contributed by atoms with Crippen LogP contribution >= 0.6 is 11.6 Å². The first kappa shape index (κ1) is 15.9. The van der Waals surface area contributed by atoms with Crippen molar-refractivity contribution in [3.8, 4) is 0 Å². The topological polar surface area (TPSA) is 92.5 Å². The van der Waals surface area contributed by atoms with E-state index in [4.69, 9.17) is 16.1 Å². The number of sulfonamides is 1. The number of carbonyl (C=O) groups excluding carboxylic acids is 1. The van der Waals surface area contributed by atoms with Gasteiger partial charge >= 0.3 is 0 Å². The monoisotopic (exact) mass is 309 g/mol. The lowest BCUT2D eigenvalue weighted by Gasteiger charge is -2.15. The average Bonchev–Trinajstić information content (AvgIpc) is 2.71. The van der Waals surface area contributed by atoms with Crippen LogP contribution < -0.4 is 5.32 Å². The molecule has 0 saturated carbocycles. The van der Waals surface area contributed by atoms with Gasteiger partial charge in [0.25, 0.3) is 0 Å². The Bertz CT molecular complexity index is 529. The third-order valence-electron chi connectivity index (χ3n) is 2.27. The Labute approximate surface area is 116 Å². The van der Waals surface area contributed by atoms with Gasteiger partial charge < -0.3 is 9.84 Å². The SMILES string of the molecule is Cc1cc(NC(=O)CN(C)S(=O)(=O)CCCCl)no1. The second-order valence-electron chi connectivity index (χ2n) is 3.99. The summed E-state index contributed by atoms with van der Waals surface area (Å²) in [6, 6.07) is 1.54. The van der Waals surface area contributed by atoms with Gasteiger partial charge in [0.15, 0.2) is 5.82 Å². The molecule has 1 aromatic heterocycles. The van der Waals surface area contributed by atoms with E-state index in [1.807, 2.05) is 0 Å². The number of halogens is 1. The quantitative estimate of drug-likeness (QED) is 0.752. The number of amides is 1. The van der Waals surface area contributed by atoms with E-state index in [0.29, 0.717) is 12.2 Å². The molecule has 1 heterocycles. The maximum Gasteiger partial charge on any atom is 0.240 e. The lowest BCUT2D eigenvalue weighted by atomic mass is 10.5. The highest BCUT2D eigenvalue weighted by molar-refractivity contribution is 7.89. The van der Waals surface area contributed by atoms with Gasteiger partial charge in [-0.3, -0.25) is 4.79 Å². The highest BCUT2D eigenvalue weighted by atomic mass is 35.5. The van der Waals surface area contributed by atoms with E-state index in [-0.39, 0.29) is 24.0 Å². The number of aryl methyl sites for hydroxylation is 1. The molecular weight excluding hydrogens is 294 g/mol. The molecule has 108 valence electrons. The van der Waals surface area contributed by atoms with Gasteiger partial charge in [-0.1, -0.05) is 5.16 Å². The zero-order valence-corrected chi connectivity index (χ0v) is 12.3. The van der Waals surface area contributed by atoms with Crippen molar-refractivity contribution in [2.24, 2.45) is 0 Å². The van der Waals surface area contributed by atoms with Crippen molar-refractivity contribution in [1.82, 2.24) is 9.46 Å². The van der Waals surface area contributed by atoms with Gasteiger partial charge in [-0.25, -0.2) is 8.42 Å². The summed E-state index contributed by atoms with van der Waals surface area (Å²) in [5.41, 5.74) is 0. The lowest BCUT2D eigenvalue weighted by molar-refractivity contribution is -0.116. The first-order chi connectivity index (χ1) is 8.85. The van der Waals surface area contributed by atoms with Gasteiger partial charge in [0.05, 0.1) is 12.3 Å². The molecule has 1 amide bonds. The first-order valence-electron chi connectivity index (χ1n) is 5.58. The number of hydrogen-bond acceptors (Lipinski definition) is 5. The van der Waals surface area contributed by atoms with E-state index in [1.165, 1.54) is 7.05 Å². The van der Waals surface area contributed by atoms with E-state index in [1.54, 1.807) is 13.0 Å². The maximum absolute atomic E-state index is 11.7. The van der Waals surface area contributed by atoms with Crippen molar-refractivity contribution in [1.29, 1.82) is 0 Å². The summed E-state index contributed by atoms with van der Waals surface area (Å²) in [7, 11) is -2.12. The number of carbonyl (C=O) groups is 1. The molecular formula is C10H16ClN3O4S. The Balaban J connectivity index is 2.52. The molecule has 9 heteroatoms. The molecule has 0 aliphatic heterocycles. The molecule has 0 unspecified atom stereocenters. The lowest BCUT2D eigenvalue weighted by Crippen LogP contribution is -2.36. The number of anilines is 1. The number of alkyl halides is 1. The second-order valence-corrected chi connectivity index (χ2v) is 6.56.